The van der Waals surface area contributed by atoms with Crippen molar-refractivity contribution in [3.63, 3.8) is 0 Å². The van der Waals surface area contributed by atoms with Crippen molar-refractivity contribution in [2.24, 2.45) is 46.8 Å². The maximum absolute atomic E-state index is 13.4. The van der Waals surface area contributed by atoms with Gasteiger partial charge < -0.3 is 14.6 Å². The van der Waals surface area contributed by atoms with Crippen LogP contribution >= 0.6 is 0 Å². The van der Waals surface area contributed by atoms with E-state index in [4.69, 9.17) is 9.47 Å². The van der Waals surface area contributed by atoms with Crippen LogP contribution in [0, 0.1) is 46.8 Å². The summed E-state index contributed by atoms with van der Waals surface area (Å²) in [7, 11) is 1.78. The molecule has 6 fully saturated rings. The van der Waals surface area contributed by atoms with Crippen molar-refractivity contribution in [1.82, 2.24) is 4.90 Å². The zero-order chi connectivity index (χ0) is 21.4. The van der Waals surface area contributed by atoms with E-state index in [2.05, 4.69) is 11.8 Å². The molecule has 0 aromatic carbocycles. The lowest BCUT2D eigenvalue weighted by atomic mass is 9.49. The molecule has 1 aliphatic heterocycles. The van der Waals surface area contributed by atoms with Gasteiger partial charge in [-0.15, -0.1) is 0 Å². The van der Waals surface area contributed by atoms with E-state index in [-0.39, 0.29) is 17.4 Å². The molecule has 0 amide bonds. The van der Waals surface area contributed by atoms with E-state index < -0.39 is 5.60 Å². The van der Waals surface area contributed by atoms with Crippen LogP contribution in [0.15, 0.2) is 0 Å². The van der Waals surface area contributed by atoms with E-state index in [0.29, 0.717) is 24.2 Å². The molecule has 6 rings (SSSR count). The highest BCUT2D eigenvalue weighted by molar-refractivity contribution is 5.84. The Hall–Kier alpha value is -0.490. The Kier molecular flexibility index (Phi) is 5.11. The van der Waals surface area contributed by atoms with Gasteiger partial charge >= 0.3 is 0 Å². The summed E-state index contributed by atoms with van der Waals surface area (Å²) in [5.74, 6) is 4.92. The Morgan fingerprint density at radius 1 is 1.00 bits per heavy atom. The predicted molar refractivity (Wildman–Crippen MR) is 117 cm³/mol. The number of hydrogen-bond acceptors (Lipinski definition) is 5. The van der Waals surface area contributed by atoms with Gasteiger partial charge in [-0.25, -0.2) is 0 Å². The van der Waals surface area contributed by atoms with Gasteiger partial charge in [0.1, 0.15) is 5.78 Å². The first-order valence-electron chi connectivity index (χ1n) is 13.1. The third-order valence-corrected chi connectivity index (χ3v) is 11.2. The first-order valence-corrected chi connectivity index (χ1v) is 13.1. The van der Waals surface area contributed by atoms with E-state index in [1.54, 1.807) is 7.11 Å². The van der Waals surface area contributed by atoms with Crippen molar-refractivity contribution in [3.05, 3.63) is 0 Å². The largest absolute Gasteiger partial charge is 0.387 e. The molecule has 5 nitrogen and oxygen atoms in total. The Morgan fingerprint density at radius 3 is 2.48 bits per heavy atom. The van der Waals surface area contributed by atoms with E-state index in [1.807, 2.05) is 0 Å². The number of morpholine rings is 1. The van der Waals surface area contributed by atoms with Crippen LogP contribution in [0.3, 0.4) is 0 Å². The number of ketones is 1. The number of carbonyl (C=O) groups is 1. The van der Waals surface area contributed by atoms with Crippen molar-refractivity contribution >= 4 is 5.78 Å². The molecule has 0 radical (unpaired) electrons. The second-order valence-corrected chi connectivity index (χ2v) is 12.1. The zero-order valence-corrected chi connectivity index (χ0v) is 19.4. The molecule has 1 saturated heterocycles. The number of nitrogens with zero attached hydrogens (tertiary/aromatic N) is 1. The van der Waals surface area contributed by atoms with Crippen LogP contribution in [0.5, 0.6) is 0 Å². The first-order chi connectivity index (χ1) is 15.0. The summed E-state index contributed by atoms with van der Waals surface area (Å²) in [5, 5.41) is 11.0. The molecule has 0 bridgehead atoms. The van der Waals surface area contributed by atoms with E-state index in [1.165, 1.54) is 38.5 Å². The monoisotopic (exact) mass is 431 g/mol. The van der Waals surface area contributed by atoms with Gasteiger partial charge in [-0.2, -0.15) is 0 Å². The lowest BCUT2D eigenvalue weighted by Gasteiger charge is -2.55. The number of ether oxygens (including phenoxy) is 2. The minimum atomic E-state index is -0.518. The Bertz CT molecular complexity index is 722. The first kappa shape index (κ1) is 21.1. The maximum Gasteiger partial charge on any atom is 0.150 e. The lowest BCUT2D eigenvalue weighted by molar-refractivity contribution is -0.133. The van der Waals surface area contributed by atoms with Crippen molar-refractivity contribution in [2.75, 3.05) is 40.0 Å². The number of rotatable bonds is 4. The Balaban J connectivity index is 1.16. The second kappa shape index (κ2) is 7.51. The van der Waals surface area contributed by atoms with Crippen LogP contribution in [0.4, 0.5) is 0 Å². The highest BCUT2D eigenvalue weighted by Gasteiger charge is 2.72. The number of aliphatic hydroxyl groups is 1. The van der Waals surface area contributed by atoms with Crippen molar-refractivity contribution in [1.29, 1.82) is 0 Å². The van der Waals surface area contributed by atoms with Gasteiger partial charge in [0.2, 0.25) is 0 Å². The molecule has 0 aromatic heterocycles. The SMILES string of the molecule is COC1C2[C@H]3CC[C@@H]4[C@H](CC[C@]5(C)[C@@H](C(=O)CN6CCOCC6)CC[C@@H]45)[C@H]3CC[C@]12O. The molecule has 1 N–H and O–H groups in total. The quantitative estimate of drug-likeness (QED) is 0.741. The second-order valence-electron chi connectivity index (χ2n) is 12.1. The van der Waals surface area contributed by atoms with E-state index >= 15 is 0 Å². The molecule has 5 aliphatic carbocycles. The number of hydrogen-bond donors (Lipinski definition) is 1. The molecule has 10 atom stereocenters. The van der Waals surface area contributed by atoms with Crippen LogP contribution in [-0.2, 0) is 14.3 Å². The molecule has 1 heterocycles. The molecule has 6 aliphatic rings. The van der Waals surface area contributed by atoms with E-state index in [9.17, 15) is 9.90 Å². The number of methoxy groups -OCH3 is 1. The molecule has 174 valence electrons. The van der Waals surface area contributed by atoms with Crippen LogP contribution in [0.1, 0.15) is 58.3 Å². The van der Waals surface area contributed by atoms with Gasteiger partial charge in [0.15, 0.2) is 0 Å². The van der Waals surface area contributed by atoms with Crippen molar-refractivity contribution in [2.45, 2.75) is 70.0 Å². The van der Waals surface area contributed by atoms with Gasteiger partial charge in [0, 0.05) is 32.0 Å². The minimum Gasteiger partial charge on any atom is -0.387 e. The summed E-state index contributed by atoms with van der Waals surface area (Å²) in [4.78, 5) is 15.7. The fraction of sp³-hybridized carbons (Fsp3) is 0.962. The Labute approximate surface area is 187 Å². The molecule has 5 saturated carbocycles. The average molecular weight is 432 g/mol. The third kappa shape index (κ3) is 3.05. The molecule has 0 spiro atoms. The highest BCUT2D eigenvalue weighted by Crippen LogP contribution is 2.69. The predicted octanol–water partition coefficient (Wildman–Crippen LogP) is 3.14. The molecule has 0 aromatic rings. The van der Waals surface area contributed by atoms with Crippen LogP contribution in [0.2, 0.25) is 0 Å². The summed E-state index contributed by atoms with van der Waals surface area (Å²) in [6.07, 6.45) is 9.65. The summed E-state index contributed by atoms with van der Waals surface area (Å²) >= 11 is 0. The number of carbonyl (C=O) groups excluding carboxylic acids is 1. The molecular formula is C26H41NO4. The lowest BCUT2D eigenvalue weighted by Crippen LogP contribution is -2.51. The summed E-state index contributed by atoms with van der Waals surface area (Å²) in [6.45, 7) is 6.45. The fourth-order valence-electron chi connectivity index (χ4n) is 9.75. The third-order valence-electron chi connectivity index (χ3n) is 11.2. The standard InChI is InChI=1S/C26H41NO4/c1-25-9-7-16-17-8-10-26(29)23(24(26)30-2)19(17)4-3-18(16)20(25)5-6-21(25)22(28)15-27-11-13-31-14-12-27/h16-21,23-24,29H,3-15H2,1-2H3/t16-,17-,18-,19+,20+,21-,23?,24?,25+,26-/m1/s1. The van der Waals surface area contributed by atoms with Gasteiger partial charge in [0.25, 0.3) is 0 Å². The average Bonchev–Trinajstić information content (AvgIpc) is 3.23. The van der Waals surface area contributed by atoms with Gasteiger partial charge in [-0.3, -0.25) is 9.69 Å². The topological polar surface area (TPSA) is 59.0 Å². The van der Waals surface area contributed by atoms with Gasteiger partial charge in [-0.1, -0.05) is 6.92 Å². The molecular weight excluding hydrogens is 390 g/mol. The minimum absolute atomic E-state index is 0.0848. The smallest absolute Gasteiger partial charge is 0.150 e. The van der Waals surface area contributed by atoms with E-state index in [0.717, 1.165) is 62.8 Å². The van der Waals surface area contributed by atoms with Crippen molar-refractivity contribution < 1.29 is 19.4 Å². The highest BCUT2D eigenvalue weighted by atomic mass is 16.5. The molecule has 5 heteroatoms. The number of Topliss-reactive ketones (excluding diaryl/α,β-unsaturated/α-hetero) is 1. The fourth-order valence-corrected chi connectivity index (χ4v) is 9.75. The Morgan fingerprint density at radius 2 is 1.71 bits per heavy atom. The normalized spacial score (nSPS) is 53.8. The summed E-state index contributed by atoms with van der Waals surface area (Å²) in [5.41, 5.74) is -0.308. The van der Waals surface area contributed by atoms with Gasteiger partial charge in [0.05, 0.1) is 31.5 Å². The zero-order valence-electron chi connectivity index (χ0n) is 19.4. The summed E-state index contributed by atoms with van der Waals surface area (Å²) in [6, 6.07) is 0. The summed E-state index contributed by atoms with van der Waals surface area (Å²) < 4.78 is 11.2. The number of fused-ring (bicyclic) bond motifs is 7. The van der Waals surface area contributed by atoms with Crippen LogP contribution in [-0.4, -0.2) is 67.5 Å². The molecule has 31 heavy (non-hydrogen) atoms. The van der Waals surface area contributed by atoms with Gasteiger partial charge in [-0.05, 0) is 86.4 Å². The van der Waals surface area contributed by atoms with Crippen LogP contribution in [0.25, 0.3) is 0 Å². The van der Waals surface area contributed by atoms with Crippen LogP contribution < -0.4 is 0 Å². The maximum atomic E-state index is 13.4. The molecule has 2 unspecified atom stereocenters. The van der Waals surface area contributed by atoms with Crippen molar-refractivity contribution in [3.8, 4) is 0 Å².